The van der Waals surface area contributed by atoms with Crippen molar-refractivity contribution in [1.29, 1.82) is 0 Å². The number of halogens is 9. The fraction of sp³-hybridized carbons (Fsp3) is 0.517. The molecular weight excluding hydrogens is 633 g/mol. The zero-order valence-corrected chi connectivity index (χ0v) is 25.0. The van der Waals surface area contributed by atoms with Gasteiger partial charge in [-0.25, -0.2) is 0 Å². The van der Waals surface area contributed by atoms with Crippen LogP contribution < -0.4 is 15.5 Å². The summed E-state index contributed by atoms with van der Waals surface area (Å²) in [5.74, 6) is -1.16. The number of anilines is 1. The standard InChI is InChI=1S/C29H32F9N7O/c1-16(2)24(40-25(46)18-6-8-39-9-7-18)23-5-4-20(27(30,31)32)12-19(23)15-45(26-41-43-44(3)42-26)14-17-10-21(28(33,34)35)13-22(11-17)29(36,37)38/h4-5,10-13,16,18,24,39H,6-9,14-15H2,1-3H3,(H,40,46). The first-order chi connectivity index (χ1) is 21.3. The molecule has 46 heavy (non-hydrogen) atoms. The first-order valence-electron chi connectivity index (χ1n) is 14.3. The maximum Gasteiger partial charge on any atom is 0.416 e. The number of alkyl halides is 9. The smallest absolute Gasteiger partial charge is 0.349 e. The highest BCUT2D eigenvalue weighted by Crippen LogP contribution is 2.38. The second-order valence-corrected chi connectivity index (χ2v) is 11.5. The summed E-state index contributed by atoms with van der Waals surface area (Å²) < 4.78 is 123. The lowest BCUT2D eigenvalue weighted by molar-refractivity contribution is -0.143. The Labute approximate surface area is 258 Å². The van der Waals surface area contributed by atoms with Crippen LogP contribution in [0.2, 0.25) is 0 Å². The molecule has 3 aromatic rings. The number of tetrazole rings is 1. The molecule has 17 heteroatoms. The van der Waals surface area contributed by atoms with E-state index in [1.807, 2.05) is 0 Å². The van der Waals surface area contributed by atoms with Crippen molar-refractivity contribution in [3.8, 4) is 0 Å². The maximum atomic E-state index is 13.9. The van der Waals surface area contributed by atoms with E-state index in [1.54, 1.807) is 13.8 Å². The van der Waals surface area contributed by atoms with E-state index < -0.39 is 59.9 Å². The van der Waals surface area contributed by atoms with E-state index in [0.29, 0.717) is 43.6 Å². The van der Waals surface area contributed by atoms with E-state index in [-0.39, 0.29) is 35.3 Å². The molecule has 1 atom stereocenters. The Balaban J connectivity index is 1.80. The number of nitrogens with one attached hydrogen (secondary N) is 2. The van der Waals surface area contributed by atoms with Gasteiger partial charge in [0.25, 0.3) is 5.95 Å². The van der Waals surface area contributed by atoms with Crippen molar-refractivity contribution in [1.82, 2.24) is 30.8 Å². The zero-order valence-electron chi connectivity index (χ0n) is 25.0. The van der Waals surface area contributed by atoms with Crippen LogP contribution in [0.3, 0.4) is 0 Å². The summed E-state index contributed by atoms with van der Waals surface area (Å²) in [6, 6.07) is 3.19. The van der Waals surface area contributed by atoms with Gasteiger partial charge in [-0.1, -0.05) is 25.0 Å². The summed E-state index contributed by atoms with van der Waals surface area (Å²) in [5.41, 5.74) is -4.28. The number of amides is 1. The van der Waals surface area contributed by atoms with Gasteiger partial charge < -0.3 is 15.5 Å². The minimum Gasteiger partial charge on any atom is -0.349 e. The number of benzene rings is 2. The average Bonchev–Trinajstić information content (AvgIpc) is 3.40. The van der Waals surface area contributed by atoms with Crippen LogP contribution in [-0.4, -0.2) is 39.2 Å². The molecule has 8 nitrogen and oxygen atoms in total. The molecule has 2 aromatic carbocycles. The molecule has 0 spiro atoms. The van der Waals surface area contributed by atoms with E-state index in [1.165, 1.54) is 13.1 Å². The fourth-order valence-corrected chi connectivity index (χ4v) is 5.32. The van der Waals surface area contributed by atoms with Crippen LogP contribution >= 0.6 is 0 Å². The van der Waals surface area contributed by atoms with Gasteiger partial charge in [-0.15, -0.1) is 5.10 Å². The van der Waals surface area contributed by atoms with Gasteiger partial charge in [-0.05, 0) is 84.1 Å². The SMILES string of the molecule is CC(C)C(NC(=O)C1CCNCC1)c1ccc(C(F)(F)F)cc1CN(Cc1cc(C(F)(F)F)cc(C(F)(F)F)c1)c1nnn(C)n1. The van der Waals surface area contributed by atoms with Gasteiger partial charge in [0.1, 0.15) is 0 Å². The lowest BCUT2D eigenvalue weighted by Gasteiger charge is -2.31. The predicted octanol–water partition coefficient (Wildman–Crippen LogP) is 6.29. The Bertz CT molecular complexity index is 1480. The average molecular weight is 666 g/mol. The third-order valence-corrected chi connectivity index (χ3v) is 7.64. The van der Waals surface area contributed by atoms with Crippen LogP contribution in [0.4, 0.5) is 45.5 Å². The molecule has 4 rings (SSSR count). The number of carbonyl (C=O) groups is 1. The van der Waals surface area contributed by atoms with Crippen LogP contribution in [0, 0.1) is 11.8 Å². The summed E-state index contributed by atoms with van der Waals surface area (Å²) in [5, 5.41) is 17.6. The summed E-state index contributed by atoms with van der Waals surface area (Å²) in [4.78, 5) is 15.3. The van der Waals surface area contributed by atoms with Gasteiger partial charge in [-0.2, -0.15) is 44.3 Å². The Hall–Kier alpha value is -3.89. The van der Waals surface area contributed by atoms with Crippen LogP contribution in [0.5, 0.6) is 0 Å². The largest absolute Gasteiger partial charge is 0.416 e. The van der Waals surface area contributed by atoms with Crippen LogP contribution in [0.25, 0.3) is 0 Å². The number of aryl methyl sites for hydroxylation is 1. The highest BCUT2D eigenvalue weighted by molar-refractivity contribution is 5.79. The van der Waals surface area contributed by atoms with E-state index in [9.17, 15) is 44.3 Å². The Morgan fingerprint density at radius 1 is 0.913 bits per heavy atom. The third-order valence-electron chi connectivity index (χ3n) is 7.64. The molecule has 0 aliphatic carbocycles. The number of aromatic nitrogens is 4. The molecule has 252 valence electrons. The van der Waals surface area contributed by atoms with Gasteiger partial charge in [0.05, 0.1) is 29.8 Å². The summed E-state index contributed by atoms with van der Waals surface area (Å²) >= 11 is 0. The molecule has 1 unspecified atom stereocenters. The first kappa shape index (κ1) is 35.0. The van der Waals surface area contributed by atoms with E-state index >= 15 is 0 Å². The number of hydrogen-bond acceptors (Lipinski definition) is 6. The third kappa shape index (κ3) is 8.67. The number of nitrogens with zero attached hydrogens (tertiary/aromatic N) is 5. The van der Waals surface area contributed by atoms with Crippen molar-refractivity contribution in [2.75, 3.05) is 18.0 Å². The molecule has 1 saturated heterocycles. The van der Waals surface area contributed by atoms with Crippen molar-refractivity contribution in [2.24, 2.45) is 18.9 Å². The van der Waals surface area contributed by atoms with Gasteiger partial charge in [0.15, 0.2) is 0 Å². The number of piperidine rings is 1. The molecule has 2 heterocycles. The summed E-state index contributed by atoms with van der Waals surface area (Å²) in [6.45, 7) is 3.65. The van der Waals surface area contributed by atoms with E-state index in [4.69, 9.17) is 0 Å². The van der Waals surface area contributed by atoms with Gasteiger partial charge in [0, 0.05) is 19.0 Å². The molecule has 0 radical (unpaired) electrons. The second kappa shape index (κ2) is 13.5. The molecule has 1 amide bonds. The van der Waals surface area contributed by atoms with Crippen molar-refractivity contribution in [3.05, 3.63) is 69.8 Å². The van der Waals surface area contributed by atoms with Crippen molar-refractivity contribution >= 4 is 11.9 Å². The Morgan fingerprint density at radius 3 is 2.00 bits per heavy atom. The fourth-order valence-electron chi connectivity index (χ4n) is 5.32. The Morgan fingerprint density at radius 2 is 1.50 bits per heavy atom. The zero-order chi connectivity index (χ0) is 34.0. The highest BCUT2D eigenvalue weighted by atomic mass is 19.4. The molecule has 0 saturated carbocycles. The van der Waals surface area contributed by atoms with Crippen LogP contribution in [0.15, 0.2) is 36.4 Å². The quantitative estimate of drug-likeness (QED) is 0.262. The van der Waals surface area contributed by atoms with Crippen LogP contribution in [-0.2, 0) is 43.5 Å². The molecule has 2 N–H and O–H groups in total. The predicted molar refractivity (Wildman–Crippen MR) is 148 cm³/mol. The Kier molecular flexibility index (Phi) is 10.2. The first-order valence-corrected chi connectivity index (χ1v) is 14.3. The molecule has 1 fully saturated rings. The van der Waals surface area contributed by atoms with Gasteiger partial charge >= 0.3 is 18.5 Å². The normalized spacial score (nSPS) is 15.7. The van der Waals surface area contributed by atoms with E-state index in [0.717, 1.165) is 21.8 Å². The van der Waals surface area contributed by atoms with Crippen molar-refractivity contribution in [3.63, 3.8) is 0 Å². The molecule has 1 aliphatic rings. The second-order valence-electron chi connectivity index (χ2n) is 11.5. The van der Waals surface area contributed by atoms with Crippen LogP contribution in [0.1, 0.15) is 66.1 Å². The molecule has 1 aliphatic heterocycles. The molecular formula is C29H32F9N7O. The number of rotatable bonds is 9. The lowest BCUT2D eigenvalue weighted by Crippen LogP contribution is -2.41. The topological polar surface area (TPSA) is 88.0 Å². The van der Waals surface area contributed by atoms with Gasteiger partial charge in [0.2, 0.25) is 5.91 Å². The molecule has 0 bridgehead atoms. The number of hydrogen-bond donors (Lipinski definition) is 2. The van der Waals surface area contributed by atoms with Gasteiger partial charge in [-0.3, -0.25) is 4.79 Å². The lowest BCUT2D eigenvalue weighted by atomic mass is 9.89. The van der Waals surface area contributed by atoms with Crippen molar-refractivity contribution in [2.45, 2.75) is 64.3 Å². The van der Waals surface area contributed by atoms with E-state index in [2.05, 4.69) is 26.0 Å². The summed E-state index contributed by atoms with van der Waals surface area (Å²) in [6.07, 6.45) is -13.9. The monoisotopic (exact) mass is 665 g/mol. The number of carbonyl (C=O) groups excluding carboxylic acids is 1. The summed E-state index contributed by atoms with van der Waals surface area (Å²) in [7, 11) is 1.36. The minimum atomic E-state index is -5.11. The van der Waals surface area contributed by atoms with Crippen molar-refractivity contribution < 1.29 is 44.3 Å². The highest BCUT2D eigenvalue weighted by Gasteiger charge is 2.38. The maximum absolute atomic E-state index is 13.9. The minimum absolute atomic E-state index is 0.00890. The molecule has 1 aromatic heterocycles.